The van der Waals surface area contributed by atoms with E-state index in [1.54, 1.807) is 0 Å². The summed E-state index contributed by atoms with van der Waals surface area (Å²) in [5.74, 6) is -0.532. The van der Waals surface area contributed by atoms with E-state index >= 15 is 0 Å². The Labute approximate surface area is 119 Å². The van der Waals surface area contributed by atoms with E-state index in [4.69, 9.17) is 0 Å². The van der Waals surface area contributed by atoms with Gasteiger partial charge in [-0.15, -0.1) is 0 Å². The van der Waals surface area contributed by atoms with Gasteiger partial charge in [-0.25, -0.2) is 0 Å². The first-order chi connectivity index (χ1) is 9.21. The molecule has 0 saturated heterocycles. The molecule has 1 N–H and O–H groups in total. The fourth-order valence-electron chi connectivity index (χ4n) is 3.40. The summed E-state index contributed by atoms with van der Waals surface area (Å²) in [5, 5.41) is 9.49. The Morgan fingerprint density at radius 2 is 1.42 bits per heavy atom. The third kappa shape index (κ3) is 5.97. The van der Waals surface area contributed by atoms with Crippen LogP contribution in [0.5, 0.6) is 0 Å². The maximum absolute atomic E-state index is 11.5. The summed E-state index contributed by atoms with van der Waals surface area (Å²) >= 11 is 0. The van der Waals surface area contributed by atoms with Gasteiger partial charge in [-0.2, -0.15) is 0 Å². The Hall–Kier alpha value is -0.530. The van der Waals surface area contributed by atoms with Crippen LogP contribution >= 0.6 is 0 Å². The normalized spacial score (nSPS) is 18.4. The summed E-state index contributed by atoms with van der Waals surface area (Å²) in [5.41, 5.74) is -0.361. The third-order valence-electron chi connectivity index (χ3n) is 4.77. The molecule has 1 fully saturated rings. The second-order valence-electron chi connectivity index (χ2n) is 6.37. The SMILES string of the molecule is CCCCCCCCCCC1(C(=O)O)CCCCC1. The minimum Gasteiger partial charge on any atom is -0.481 e. The van der Waals surface area contributed by atoms with E-state index in [9.17, 15) is 9.90 Å². The zero-order valence-corrected chi connectivity index (χ0v) is 12.8. The first-order valence-corrected chi connectivity index (χ1v) is 8.45. The van der Waals surface area contributed by atoms with E-state index in [2.05, 4.69) is 6.92 Å². The van der Waals surface area contributed by atoms with Gasteiger partial charge in [0.2, 0.25) is 0 Å². The number of hydrogen-bond donors (Lipinski definition) is 1. The number of carboxylic acids is 1. The van der Waals surface area contributed by atoms with E-state index in [1.165, 1.54) is 51.4 Å². The molecule has 1 aliphatic carbocycles. The lowest BCUT2D eigenvalue weighted by molar-refractivity contribution is -0.151. The van der Waals surface area contributed by atoms with Crippen molar-refractivity contribution in [1.82, 2.24) is 0 Å². The molecule has 1 aliphatic rings. The summed E-state index contributed by atoms with van der Waals surface area (Å²) in [4.78, 5) is 11.5. The third-order valence-corrected chi connectivity index (χ3v) is 4.77. The Morgan fingerprint density at radius 3 is 1.95 bits per heavy atom. The van der Waals surface area contributed by atoms with Crippen LogP contribution in [0.15, 0.2) is 0 Å². The van der Waals surface area contributed by atoms with Gasteiger partial charge in [0.25, 0.3) is 0 Å². The summed E-state index contributed by atoms with van der Waals surface area (Å²) in [6, 6.07) is 0. The predicted octanol–water partition coefficient (Wildman–Crippen LogP) is 5.55. The molecule has 0 aromatic rings. The van der Waals surface area contributed by atoms with Gasteiger partial charge >= 0.3 is 5.97 Å². The van der Waals surface area contributed by atoms with Gasteiger partial charge in [-0.05, 0) is 19.3 Å². The second-order valence-corrected chi connectivity index (χ2v) is 6.37. The second kappa shape index (κ2) is 9.39. The van der Waals surface area contributed by atoms with Crippen molar-refractivity contribution in [3.8, 4) is 0 Å². The molecule has 0 spiro atoms. The van der Waals surface area contributed by atoms with Gasteiger partial charge in [0, 0.05) is 0 Å². The first kappa shape index (κ1) is 16.5. The van der Waals surface area contributed by atoms with Crippen molar-refractivity contribution in [1.29, 1.82) is 0 Å². The standard InChI is InChI=1S/C17H32O2/c1-2-3-4-5-6-7-8-10-13-17(16(18)19)14-11-9-12-15-17/h2-15H2,1H3,(H,18,19). The Balaban J connectivity index is 2.10. The summed E-state index contributed by atoms with van der Waals surface area (Å²) in [7, 11) is 0. The first-order valence-electron chi connectivity index (χ1n) is 8.45. The molecule has 0 radical (unpaired) electrons. The van der Waals surface area contributed by atoms with Crippen LogP contribution < -0.4 is 0 Å². The van der Waals surface area contributed by atoms with Gasteiger partial charge in [0.15, 0.2) is 0 Å². The molecule has 1 rings (SSSR count). The van der Waals surface area contributed by atoms with Crippen LogP contribution in [0.2, 0.25) is 0 Å². The molecule has 0 aliphatic heterocycles. The highest BCUT2D eigenvalue weighted by Gasteiger charge is 2.38. The van der Waals surface area contributed by atoms with Crippen LogP contribution in [0.4, 0.5) is 0 Å². The molecule has 19 heavy (non-hydrogen) atoms. The van der Waals surface area contributed by atoms with Crippen LogP contribution in [0.1, 0.15) is 96.8 Å². The number of aliphatic carboxylic acids is 1. The predicted molar refractivity (Wildman–Crippen MR) is 80.4 cm³/mol. The quantitative estimate of drug-likeness (QED) is 0.527. The molecule has 112 valence electrons. The molecule has 2 heteroatoms. The van der Waals surface area contributed by atoms with Gasteiger partial charge in [0.05, 0.1) is 5.41 Å². The molecular weight excluding hydrogens is 236 g/mol. The largest absolute Gasteiger partial charge is 0.481 e. The van der Waals surface area contributed by atoms with Crippen molar-refractivity contribution in [2.24, 2.45) is 5.41 Å². The molecule has 0 aromatic carbocycles. The van der Waals surface area contributed by atoms with Crippen molar-refractivity contribution in [2.75, 3.05) is 0 Å². The van der Waals surface area contributed by atoms with Crippen LogP contribution in [0, 0.1) is 5.41 Å². The zero-order chi connectivity index (χ0) is 14.0. The molecule has 0 unspecified atom stereocenters. The Kier molecular flexibility index (Phi) is 8.16. The molecule has 0 amide bonds. The number of carboxylic acid groups (broad SMARTS) is 1. The maximum atomic E-state index is 11.5. The molecule has 0 aromatic heterocycles. The topological polar surface area (TPSA) is 37.3 Å². The van der Waals surface area contributed by atoms with E-state index in [1.807, 2.05) is 0 Å². The average Bonchev–Trinajstić information content (AvgIpc) is 2.42. The van der Waals surface area contributed by atoms with Crippen molar-refractivity contribution in [2.45, 2.75) is 96.8 Å². The van der Waals surface area contributed by atoms with Crippen molar-refractivity contribution in [3.05, 3.63) is 0 Å². The van der Waals surface area contributed by atoms with Gasteiger partial charge in [-0.1, -0.05) is 77.6 Å². The van der Waals surface area contributed by atoms with Crippen LogP contribution in [0.3, 0.4) is 0 Å². The minimum atomic E-state index is -0.532. The Morgan fingerprint density at radius 1 is 0.895 bits per heavy atom. The van der Waals surface area contributed by atoms with Crippen LogP contribution in [0.25, 0.3) is 0 Å². The molecule has 1 saturated carbocycles. The average molecular weight is 268 g/mol. The van der Waals surface area contributed by atoms with E-state index in [0.29, 0.717) is 0 Å². The summed E-state index contributed by atoms with van der Waals surface area (Å²) in [6.45, 7) is 2.25. The smallest absolute Gasteiger partial charge is 0.309 e. The zero-order valence-electron chi connectivity index (χ0n) is 12.8. The lowest BCUT2D eigenvalue weighted by Gasteiger charge is -2.33. The lowest BCUT2D eigenvalue weighted by Crippen LogP contribution is -2.33. The van der Waals surface area contributed by atoms with Gasteiger partial charge in [-0.3, -0.25) is 4.79 Å². The van der Waals surface area contributed by atoms with Crippen molar-refractivity contribution in [3.63, 3.8) is 0 Å². The minimum absolute atomic E-state index is 0.361. The van der Waals surface area contributed by atoms with Gasteiger partial charge < -0.3 is 5.11 Å². The highest BCUT2D eigenvalue weighted by molar-refractivity contribution is 5.74. The van der Waals surface area contributed by atoms with Gasteiger partial charge in [0.1, 0.15) is 0 Å². The summed E-state index contributed by atoms with van der Waals surface area (Å²) in [6.07, 6.45) is 16.6. The number of unbranched alkanes of at least 4 members (excludes halogenated alkanes) is 7. The summed E-state index contributed by atoms with van der Waals surface area (Å²) < 4.78 is 0. The maximum Gasteiger partial charge on any atom is 0.309 e. The van der Waals surface area contributed by atoms with E-state index in [-0.39, 0.29) is 5.41 Å². The molecule has 2 nitrogen and oxygen atoms in total. The molecular formula is C17H32O2. The number of rotatable bonds is 10. The van der Waals surface area contributed by atoms with Crippen LogP contribution in [-0.4, -0.2) is 11.1 Å². The number of hydrogen-bond acceptors (Lipinski definition) is 1. The monoisotopic (exact) mass is 268 g/mol. The highest BCUT2D eigenvalue weighted by Crippen LogP contribution is 2.40. The Bertz CT molecular complexity index is 242. The molecule has 0 atom stereocenters. The van der Waals surface area contributed by atoms with E-state index in [0.717, 1.165) is 38.5 Å². The van der Waals surface area contributed by atoms with Crippen LogP contribution in [-0.2, 0) is 4.79 Å². The fraction of sp³-hybridized carbons (Fsp3) is 0.941. The fourth-order valence-corrected chi connectivity index (χ4v) is 3.40. The van der Waals surface area contributed by atoms with Crippen molar-refractivity contribution >= 4 is 5.97 Å². The number of carbonyl (C=O) groups is 1. The molecule has 0 bridgehead atoms. The van der Waals surface area contributed by atoms with Crippen molar-refractivity contribution < 1.29 is 9.90 Å². The molecule has 0 heterocycles. The highest BCUT2D eigenvalue weighted by atomic mass is 16.4. The van der Waals surface area contributed by atoms with E-state index < -0.39 is 5.97 Å². The lowest BCUT2D eigenvalue weighted by atomic mass is 9.71.